The van der Waals surface area contributed by atoms with Crippen molar-refractivity contribution in [1.82, 2.24) is 4.98 Å². The van der Waals surface area contributed by atoms with Crippen LogP contribution >= 0.6 is 0 Å². The number of carboxylic acid groups (broad SMARTS) is 1. The summed E-state index contributed by atoms with van der Waals surface area (Å²) in [6.45, 7) is 0.0136. The molecule has 2 aromatic rings. The standard InChI is InChI=1S/C13H10F2N2O2/c14-9-4-5-10(15)8(6-9)7-16-12-3-1-2-11(17-12)13(18)19/h1-6H,7H2,(H,16,17)(H,18,19). The van der Waals surface area contributed by atoms with Crippen LogP contribution in [0.25, 0.3) is 0 Å². The summed E-state index contributed by atoms with van der Waals surface area (Å²) in [6.07, 6.45) is 0. The van der Waals surface area contributed by atoms with Crippen LogP contribution in [0, 0.1) is 11.6 Å². The zero-order valence-corrected chi connectivity index (χ0v) is 9.73. The largest absolute Gasteiger partial charge is 0.477 e. The van der Waals surface area contributed by atoms with E-state index in [1.165, 1.54) is 12.1 Å². The minimum Gasteiger partial charge on any atom is -0.477 e. The van der Waals surface area contributed by atoms with Crippen molar-refractivity contribution in [3.8, 4) is 0 Å². The van der Waals surface area contributed by atoms with Crippen LogP contribution in [0.15, 0.2) is 36.4 Å². The molecule has 0 atom stereocenters. The number of rotatable bonds is 4. The second kappa shape index (κ2) is 5.43. The van der Waals surface area contributed by atoms with Crippen LogP contribution in [-0.2, 0) is 6.54 Å². The number of aromatic nitrogens is 1. The van der Waals surface area contributed by atoms with E-state index in [4.69, 9.17) is 5.11 Å². The van der Waals surface area contributed by atoms with Crippen molar-refractivity contribution in [1.29, 1.82) is 0 Å². The molecule has 0 radical (unpaired) electrons. The molecule has 1 heterocycles. The fourth-order valence-corrected chi connectivity index (χ4v) is 1.52. The lowest BCUT2D eigenvalue weighted by molar-refractivity contribution is 0.0690. The average molecular weight is 264 g/mol. The Morgan fingerprint density at radius 1 is 1.26 bits per heavy atom. The number of benzene rings is 1. The first-order chi connectivity index (χ1) is 9.06. The number of carbonyl (C=O) groups is 1. The molecule has 4 nitrogen and oxygen atoms in total. The summed E-state index contributed by atoms with van der Waals surface area (Å²) < 4.78 is 26.3. The summed E-state index contributed by atoms with van der Waals surface area (Å²) in [5.74, 6) is -1.95. The van der Waals surface area contributed by atoms with Gasteiger partial charge in [0.25, 0.3) is 0 Å². The van der Waals surface area contributed by atoms with Crippen molar-refractivity contribution in [2.45, 2.75) is 6.54 Å². The fourth-order valence-electron chi connectivity index (χ4n) is 1.52. The number of aromatic carboxylic acids is 1. The van der Waals surface area contributed by atoms with Crippen molar-refractivity contribution in [2.75, 3.05) is 5.32 Å². The van der Waals surface area contributed by atoms with E-state index in [0.717, 1.165) is 18.2 Å². The highest BCUT2D eigenvalue weighted by Gasteiger charge is 2.07. The maximum absolute atomic E-state index is 13.4. The molecule has 0 amide bonds. The first kappa shape index (κ1) is 12.9. The Morgan fingerprint density at radius 3 is 2.79 bits per heavy atom. The van der Waals surface area contributed by atoms with Crippen molar-refractivity contribution >= 4 is 11.8 Å². The predicted octanol–water partition coefficient (Wildman–Crippen LogP) is 2.67. The lowest BCUT2D eigenvalue weighted by Crippen LogP contribution is -2.07. The van der Waals surface area contributed by atoms with Crippen LogP contribution in [0.2, 0.25) is 0 Å². The van der Waals surface area contributed by atoms with Gasteiger partial charge in [-0.1, -0.05) is 6.07 Å². The van der Waals surface area contributed by atoms with E-state index in [2.05, 4.69) is 10.3 Å². The van der Waals surface area contributed by atoms with E-state index in [0.29, 0.717) is 0 Å². The first-order valence-corrected chi connectivity index (χ1v) is 5.44. The van der Waals surface area contributed by atoms with Gasteiger partial charge in [0.05, 0.1) is 0 Å². The Balaban J connectivity index is 2.12. The van der Waals surface area contributed by atoms with E-state index in [1.807, 2.05) is 0 Å². The Morgan fingerprint density at radius 2 is 2.05 bits per heavy atom. The summed E-state index contributed by atoms with van der Waals surface area (Å²) >= 11 is 0. The van der Waals surface area contributed by atoms with Gasteiger partial charge in [-0.15, -0.1) is 0 Å². The number of nitrogens with zero attached hydrogens (tertiary/aromatic N) is 1. The van der Waals surface area contributed by atoms with E-state index in [1.54, 1.807) is 6.07 Å². The maximum atomic E-state index is 13.4. The minimum atomic E-state index is -1.15. The molecule has 0 fully saturated rings. The summed E-state index contributed by atoms with van der Waals surface area (Å²) in [6, 6.07) is 7.54. The number of nitrogens with one attached hydrogen (secondary N) is 1. The molecule has 0 aliphatic rings. The molecule has 1 aromatic carbocycles. The Kier molecular flexibility index (Phi) is 3.70. The topological polar surface area (TPSA) is 62.2 Å². The molecule has 0 aliphatic carbocycles. The number of pyridine rings is 1. The molecule has 0 unspecified atom stereocenters. The normalized spacial score (nSPS) is 10.2. The molecular formula is C13H10F2N2O2. The van der Waals surface area contributed by atoms with Crippen LogP contribution in [0.5, 0.6) is 0 Å². The summed E-state index contributed by atoms with van der Waals surface area (Å²) in [5, 5.41) is 11.5. The second-order valence-electron chi connectivity index (χ2n) is 3.80. The molecule has 0 bridgehead atoms. The maximum Gasteiger partial charge on any atom is 0.354 e. The molecule has 2 N–H and O–H groups in total. The van der Waals surface area contributed by atoms with Gasteiger partial charge in [-0.3, -0.25) is 0 Å². The third kappa shape index (κ3) is 3.25. The number of carboxylic acids is 1. The molecular weight excluding hydrogens is 254 g/mol. The number of hydrogen-bond acceptors (Lipinski definition) is 3. The number of halogens is 2. The minimum absolute atomic E-state index is 0.0136. The van der Waals surface area contributed by atoms with Gasteiger partial charge in [0.1, 0.15) is 17.5 Å². The monoisotopic (exact) mass is 264 g/mol. The van der Waals surface area contributed by atoms with Gasteiger partial charge >= 0.3 is 5.97 Å². The van der Waals surface area contributed by atoms with Gasteiger partial charge in [-0.2, -0.15) is 0 Å². The highest BCUT2D eigenvalue weighted by Crippen LogP contribution is 2.12. The lowest BCUT2D eigenvalue weighted by atomic mass is 10.2. The number of hydrogen-bond donors (Lipinski definition) is 2. The second-order valence-corrected chi connectivity index (χ2v) is 3.80. The molecule has 2 rings (SSSR count). The van der Waals surface area contributed by atoms with Gasteiger partial charge in [0, 0.05) is 12.1 Å². The smallest absolute Gasteiger partial charge is 0.354 e. The molecule has 0 aliphatic heterocycles. The van der Waals surface area contributed by atoms with E-state index < -0.39 is 17.6 Å². The van der Waals surface area contributed by atoms with Crippen molar-refractivity contribution < 1.29 is 18.7 Å². The average Bonchev–Trinajstić information content (AvgIpc) is 2.40. The molecule has 1 aromatic heterocycles. The van der Waals surface area contributed by atoms with Crippen LogP contribution in [0.1, 0.15) is 16.1 Å². The first-order valence-electron chi connectivity index (χ1n) is 5.44. The van der Waals surface area contributed by atoms with Gasteiger partial charge in [0.15, 0.2) is 5.69 Å². The Hall–Kier alpha value is -2.50. The van der Waals surface area contributed by atoms with Gasteiger partial charge in [-0.25, -0.2) is 18.6 Å². The van der Waals surface area contributed by atoms with Crippen LogP contribution < -0.4 is 5.32 Å². The van der Waals surface area contributed by atoms with Crippen molar-refractivity contribution in [3.63, 3.8) is 0 Å². The third-order valence-corrected chi connectivity index (χ3v) is 2.44. The summed E-state index contributed by atoms with van der Waals surface area (Å²) in [5.41, 5.74) is 0.0206. The van der Waals surface area contributed by atoms with E-state index >= 15 is 0 Å². The number of anilines is 1. The molecule has 0 saturated heterocycles. The van der Waals surface area contributed by atoms with E-state index in [-0.39, 0.29) is 23.6 Å². The molecule has 19 heavy (non-hydrogen) atoms. The molecule has 0 saturated carbocycles. The van der Waals surface area contributed by atoms with Gasteiger partial charge in [0.2, 0.25) is 0 Å². The summed E-state index contributed by atoms with van der Waals surface area (Å²) in [7, 11) is 0. The fraction of sp³-hybridized carbons (Fsp3) is 0.0769. The molecule has 6 heteroatoms. The van der Waals surface area contributed by atoms with Crippen molar-refractivity contribution in [3.05, 3.63) is 59.3 Å². The molecule has 0 spiro atoms. The van der Waals surface area contributed by atoms with Crippen LogP contribution in [0.4, 0.5) is 14.6 Å². The third-order valence-electron chi connectivity index (χ3n) is 2.44. The predicted molar refractivity (Wildman–Crippen MR) is 64.9 cm³/mol. The Labute approximate surface area is 107 Å². The SMILES string of the molecule is O=C(O)c1cccc(NCc2cc(F)ccc2F)n1. The molecule has 98 valence electrons. The highest BCUT2D eigenvalue weighted by atomic mass is 19.1. The summed E-state index contributed by atoms with van der Waals surface area (Å²) in [4.78, 5) is 14.5. The zero-order chi connectivity index (χ0) is 13.8. The van der Waals surface area contributed by atoms with Gasteiger partial charge in [-0.05, 0) is 30.3 Å². The van der Waals surface area contributed by atoms with Crippen LogP contribution in [0.3, 0.4) is 0 Å². The highest BCUT2D eigenvalue weighted by molar-refractivity contribution is 5.85. The zero-order valence-electron chi connectivity index (χ0n) is 9.73. The quantitative estimate of drug-likeness (QED) is 0.891. The van der Waals surface area contributed by atoms with Gasteiger partial charge < -0.3 is 10.4 Å². The Bertz CT molecular complexity index is 617. The lowest BCUT2D eigenvalue weighted by Gasteiger charge is -2.07. The van der Waals surface area contributed by atoms with Crippen molar-refractivity contribution in [2.24, 2.45) is 0 Å². The van der Waals surface area contributed by atoms with Crippen LogP contribution in [-0.4, -0.2) is 16.1 Å². The van der Waals surface area contributed by atoms with E-state index in [9.17, 15) is 13.6 Å².